The maximum absolute atomic E-state index is 11.6. The van der Waals surface area contributed by atoms with E-state index in [-0.39, 0.29) is 10.9 Å². The van der Waals surface area contributed by atoms with Gasteiger partial charge in [-0.25, -0.2) is 0 Å². The van der Waals surface area contributed by atoms with Crippen LogP contribution in [0.4, 0.5) is 0 Å². The van der Waals surface area contributed by atoms with Gasteiger partial charge in [0.05, 0.1) is 7.11 Å². The molecular weight excluding hydrogens is 226 g/mol. The third kappa shape index (κ3) is 2.80. The summed E-state index contributed by atoms with van der Waals surface area (Å²) >= 11 is 0. The molecule has 18 heavy (non-hydrogen) atoms. The van der Waals surface area contributed by atoms with E-state index in [4.69, 9.17) is 13.0 Å². The molecule has 0 aliphatic heterocycles. The molecule has 0 saturated carbocycles. The normalized spacial score (nSPS) is 16.7. The molecule has 0 atom stereocenters. The predicted molar refractivity (Wildman–Crippen MR) is 72.9 cm³/mol. The Hall–Kier alpha value is -2.03. The Balaban J connectivity index is 2.42. The largest absolute Gasteiger partial charge is 0.497 e. The molecule has 2 rings (SSSR count). The van der Waals surface area contributed by atoms with Crippen molar-refractivity contribution in [3.63, 3.8) is 0 Å². The molecule has 94 valence electrons. The third-order valence-corrected chi connectivity index (χ3v) is 2.58. The summed E-state index contributed by atoms with van der Waals surface area (Å²) in [5.41, 5.74) is 0.259. The summed E-state index contributed by atoms with van der Waals surface area (Å²) in [5.74, 6) is -0.865. The molecule has 0 unspecified atom stereocenters. The van der Waals surface area contributed by atoms with Crippen molar-refractivity contribution in [3.05, 3.63) is 42.0 Å². The van der Waals surface area contributed by atoms with Gasteiger partial charge in [-0.1, -0.05) is 24.3 Å². The molecule has 0 fully saturated rings. The average molecular weight is 249 g/mol. The van der Waals surface area contributed by atoms with Gasteiger partial charge in [0.15, 0.2) is 1.41 Å². The van der Waals surface area contributed by atoms with Crippen molar-refractivity contribution in [3.8, 4) is 5.75 Å². The molecule has 2 aromatic rings. The fourth-order valence-corrected chi connectivity index (χ4v) is 1.73. The molecule has 1 N–H and O–H groups in total. The minimum atomic E-state index is -2.97. The van der Waals surface area contributed by atoms with Crippen LogP contribution >= 0.6 is 0 Å². The van der Waals surface area contributed by atoms with Gasteiger partial charge in [0.1, 0.15) is 5.75 Å². The fourth-order valence-electron chi connectivity index (χ4n) is 1.73. The van der Waals surface area contributed by atoms with Gasteiger partial charge in [-0.2, -0.15) is 0 Å². The quantitative estimate of drug-likeness (QED) is 0.904. The van der Waals surface area contributed by atoms with Gasteiger partial charge in [-0.05, 0) is 34.8 Å². The second-order valence-electron chi connectivity index (χ2n) is 3.69. The maximum atomic E-state index is 11.6. The van der Waals surface area contributed by atoms with Gasteiger partial charge in [-0.15, -0.1) is 0 Å². The number of hydrogen-bond donors (Lipinski definition) is 1. The highest BCUT2D eigenvalue weighted by molar-refractivity contribution is 5.87. The van der Waals surface area contributed by atoms with Crippen molar-refractivity contribution in [2.45, 2.75) is 13.2 Å². The van der Waals surface area contributed by atoms with E-state index in [1.807, 2.05) is 0 Å². The van der Waals surface area contributed by atoms with Crippen molar-refractivity contribution in [1.29, 1.82) is 0 Å². The summed E-state index contributed by atoms with van der Waals surface area (Å²) in [6.07, 6.45) is -2.10. The van der Waals surface area contributed by atoms with Gasteiger partial charge in [0, 0.05) is 20.3 Å². The Morgan fingerprint density at radius 1 is 1.50 bits per heavy atom. The first kappa shape index (κ1) is 6.78. The van der Waals surface area contributed by atoms with Crippen molar-refractivity contribution in [2.75, 3.05) is 13.7 Å². The maximum Gasteiger partial charge on any atom is 0.216 e. The molecule has 1 amide bonds. The minimum Gasteiger partial charge on any atom is -0.497 e. The third-order valence-electron chi connectivity index (χ3n) is 2.58. The van der Waals surface area contributed by atoms with Crippen LogP contribution < -0.4 is 10.0 Å². The standard InChI is InChI=1S/C15H17NO2/c1-11(17)16-9-8-13-5-3-4-12-6-7-14(18-2)10-15(12)13/h3-7,10H,8-9H2,1-2H3,(H,16,17)/i1D3,8D2/hD. The molecule has 2 aromatic carbocycles. The Kier molecular flexibility index (Phi) is 2.09. The smallest absolute Gasteiger partial charge is 0.216 e. The molecule has 0 aliphatic rings. The molecule has 0 spiro atoms. The molecule has 0 heterocycles. The molecule has 3 nitrogen and oxygen atoms in total. The number of carbonyl (C=O) groups is 1. The van der Waals surface area contributed by atoms with Crippen LogP contribution in [0.1, 0.15) is 19.3 Å². The monoisotopic (exact) mass is 249 g/mol. The second kappa shape index (κ2) is 5.54. The molecule has 0 bridgehead atoms. The highest BCUT2D eigenvalue weighted by Gasteiger charge is 2.03. The number of hydrogen-bond acceptors (Lipinski definition) is 2. The SMILES string of the molecule is [2H]N(CC([2H])([2H])c1cccc2ccc(OC)cc12)C(=O)C([2H])([2H])[2H]. The first-order valence-electron chi connectivity index (χ1n) is 8.39. The highest BCUT2D eigenvalue weighted by atomic mass is 16.5. The van der Waals surface area contributed by atoms with Crippen molar-refractivity contribution in [1.82, 2.24) is 5.31 Å². The van der Waals surface area contributed by atoms with E-state index in [9.17, 15) is 4.79 Å². The summed E-state index contributed by atoms with van der Waals surface area (Å²) in [7, 11) is 1.50. The Morgan fingerprint density at radius 2 is 2.39 bits per heavy atom. The van der Waals surface area contributed by atoms with E-state index in [0.29, 0.717) is 11.1 Å². The van der Waals surface area contributed by atoms with Crippen LogP contribution in [0.5, 0.6) is 5.75 Å². The molecule has 0 aliphatic carbocycles. The van der Waals surface area contributed by atoms with E-state index in [1.54, 1.807) is 36.4 Å². The lowest BCUT2D eigenvalue weighted by molar-refractivity contribution is -0.118. The van der Waals surface area contributed by atoms with Crippen LogP contribution in [0.15, 0.2) is 36.4 Å². The summed E-state index contributed by atoms with van der Waals surface area (Å²) in [6, 6.07) is 10.2. The molecule has 0 aromatic heterocycles. The lowest BCUT2D eigenvalue weighted by atomic mass is 10.0. The first-order valence-corrected chi connectivity index (χ1v) is 5.44. The Morgan fingerprint density at radius 3 is 3.17 bits per heavy atom. The zero-order valence-corrected chi connectivity index (χ0v) is 9.93. The average Bonchev–Trinajstić information content (AvgIpc) is 2.51. The van der Waals surface area contributed by atoms with Gasteiger partial charge in [0.25, 0.3) is 0 Å². The van der Waals surface area contributed by atoms with Crippen molar-refractivity contribution >= 4 is 16.7 Å². The van der Waals surface area contributed by atoms with Crippen LogP contribution in [0.2, 0.25) is 1.41 Å². The topological polar surface area (TPSA) is 38.3 Å². The number of amides is 1. The Labute approximate surface area is 115 Å². The number of fused-ring (bicyclic) bond motifs is 1. The van der Waals surface area contributed by atoms with Gasteiger partial charge < -0.3 is 10.0 Å². The van der Waals surface area contributed by atoms with E-state index >= 15 is 0 Å². The number of carbonyl (C=O) groups excluding carboxylic acids is 1. The predicted octanol–water partition coefficient (Wildman–Crippen LogP) is 2.53. The van der Waals surface area contributed by atoms with Crippen LogP contribution in [-0.4, -0.2) is 19.6 Å². The molecule has 0 radical (unpaired) electrons. The van der Waals surface area contributed by atoms with Crippen LogP contribution in [0.25, 0.3) is 10.8 Å². The van der Waals surface area contributed by atoms with Crippen LogP contribution in [0.3, 0.4) is 0 Å². The second-order valence-corrected chi connectivity index (χ2v) is 3.69. The zero-order valence-electron chi connectivity index (χ0n) is 15.9. The summed E-state index contributed by atoms with van der Waals surface area (Å²) in [5, 5.41) is 1.51. The van der Waals surface area contributed by atoms with E-state index in [2.05, 4.69) is 0 Å². The summed E-state index contributed by atoms with van der Waals surface area (Å²) in [6.45, 7) is -3.67. The molecular formula is C15H17NO2. The fraction of sp³-hybridized carbons (Fsp3) is 0.267. The van der Waals surface area contributed by atoms with Crippen LogP contribution in [-0.2, 0) is 11.2 Å². The number of rotatable bonds is 4. The van der Waals surface area contributed by atoms with E-state index in [1.165, 1.54) is 7.11 Å². The summed E-state index contributed by atoms with van der Waals surface area (Å²) in [4.78, 5) is 11.6. The van der Waals surface area contributed by atoms with Crippen molar-refractivity contribution in [2.24, 2.45) is 0 Å². The lowest BCUT2D eigenvalue weighted by Crippen LogP contribution is -2.22. The number of ether oxygens (including phenoxy) is 1. The number of nitrogens with one attached hydrogen (secondary N) is 1. The minimum absolute atomic E-state index is 0.159. The summed E-state index contributed by atoms with van der Waals surface area (Å²) < 4.78 is 50.4. The number of methoxy groups -OCH3 is 1. The Bertz CT molecular complexity index is 759. The van der Waals surface area contributed by atoms with Crippen LogP contribution in [0, 0.1) is 0 Å². The molecule has 3 heteroatoms. The van der Waals surface area contributed by atoms with Crippen molar-refractivity contribution < 1.29 is 17.8 Å². The van der Waals surface area contributed by atoms with E-state index in [0.717, 1.165) is 5.39 Å². The molecule has 0 saturated heterocycles. The first-order chi connectivity index (χ1) is 11.1. The van der Waals surface area contributed by atoms with E-state index < -0.39 is 25.7 Å². The lowest BCUT2D eigenvalue weighted by Gasteiger charge is -2.08. The highest BCUT2D eigenvalue weighted by Crippen LogP contribution is 2.24. The van der Waals surface area contributed by atoms with Gasteiger partial charge in [0.2, 0.25) is 5.91 Å². The van der Waals surface area contributed by atoms with Gasteiger partial charge >= 0.3 is 0 Å². The zero-order chi connectivity index (χ0) is 18.1. The number of benzene rings is 2. The van der Waals surface area contributed by atoms with Gasteiger partial charge in [-0.3, -0.25) is 4.79 Å².